The van der Waals surface area contributed by atoms with E-state index in [1.165, 1.54) is 17.7 Å². The van der Waals surface area contributed by atoms with Crippen LogP contribution in [0.3, 0.4) is 0 Å². The van der Waals surface area contributed by atoms with Gasteiger partial charge < -0.3 is 9.64 Å². The van der Waals surface area contributed by atoms with Crippen molar-refractivity contribution >= 4 is 11.8 Å². The molecule has 142 valence electrons. The maximum atomic E-state index is 9.36. The summed E-state index contributed by atoms with van der Waals surface area (Å²) in [5, 5.41) is 9.36. The van der Waals surface area contributed by atoms with Crippen molar-refractivity contribution in [3.8, 4) is 6.07 Å². The fourth-order valence-electron chi connectivity index (χ4n) is 4.63. The first kappa shape index (κ1) is 18.4. The van der Waals surface area contributed by atoms with Crippen LogP contribution in [-0.4, -0.2) is 19.2 Å². The van der Waals surface area contributed by atoms with Gasteiger partial charge in [-0.3, -0.25) is 0 Å². The van der Waals surface area contributed by atoms with Crippen molar-refractivity contribution in [2.24, 2.45) is 0 Å². The summed E-state index contributed by atoms with van der Waals surface area (Å²) in [6.45, 7) is 8.41. The monoisotopic (exact) mass is 371 g/mol. The summed E-state index contributed by atoms with van der Waals surface area (Å²) in [4.78, 5) is 5.73. The van der Waals surface area contributed by atoms with E-state index in [0.717, 1.165) is 55.5 Å². The molecule has 4 rings (SSSR count). The van der Waals surface area contributed by atoms with Crippen LogP contribution in [0.2, 0.25) is 0 Å². The minimum absolute atomic E-state index is 0.194. The molecule has 1 aliphatic carbocycles. The lowest BCUT2D eigenvalue weighted by Gasteiger charge is -2.41. The Labute approximate surface area is 167 Å². The molecule has 0 saturated heterocycles. The Bertz CT molecular complexity index is 933. The lowest BCUT2D eigenvalue weighted by molar-refractivity contribution is -0.0285. The predicted molar refractivity (Wildman–Crippen MR) is 111 cm³/mol. The van der Waals surface area contributed by atoms with E-state index in [-0.39, 0.29) is 11.3 Å². The summed E-state index contributed by atoms with van der Waals surface area (Å²) in [5.41, 5.74) is 4.61. The smallest absolute Gasteiger partial charge is 0.265 e. The van der Waals surface area contributed by atoms with Crippen LogP contribution in [-0.2, 0) is 11.2 Å². The van der Waals surface area contributed by atoms with Gasteiger partial charge in [-0.2, -0.15) is 0 Å². The summed E-state index contributed by atoms with van der Waals surface area (Å²) in [6.07, 6.45) is 13.2. The number of allylic oxidation sites excluding steroid dienone is 3. The Morgan fingerprint density at radius 3 is 2.86 bits per heavy atom. The van der Waals surface area contributed by atoms with E-state index in [1.807, 2.05) is 12.2 Å². The van der Waals surface area contributed by atoms with Gasteiger partial charge in [0.2, 0.25) is 0 Å². The SMILES string of the molecule is [C-]#[N+]/C(C#N)=C1C=C(/C=C/c2ccc3c(c2)CCN3C)OC2(CCCCC2)C\1. The minimum Gasteiger partial charge on any atom is -0.487 e. The van der Waals surface area contributed by atoms with E-state index in [0.29, 0.717) is 6.42 Å². The molecule has 28 heavy (non-hydrogen) atoms. The van der Waals surface area contributed by atoms with Crippen LogP contribution in [0.1, 0.15) is 49.7 Å². The molecule has 1 saturated carbocycles. The topological polar surface area (TPSA) is 40.6 Å². The first-order chi connectivity index (χ1) is 13.6. The van der Waals surface area contributed by atoms with E-state index >= 15 is 0 Å². The third-order valence-corrected chi connectivity index (χ3v) is 6.12. The average molecular weight is 371 g/mol. The van der Waals surface area contributed by atoms with Crippen molar-refractivity contribution < 1.29 is 4.74 Å². The number of ether oxygens (including phenoxy) is 1. The zero-order chi connectivity index (χ0) is 19.6. The van der Waals surface area contributed by atoms with Gasteiger partial charge in [-0.15, -0.1) is 0 Å². The number of nitriles is 1. The average Bonchev–Trinajstić information content (AvgIpc) is 3.08. The fourth-order valence-corrected chi connectivity index (χ4v) is 4.63. The van der Waals surface area contributed by atoms with Gasteiger partial charge in [0.25, 0.3) is 5.70 Å². The van der Waals surface area contributed by atoms with Crippen LogP contribution < -0.4 is 4.90 Å². The Hall–Kier alpha value is -2.98. The van der Waals surface area contributed by atoms with Gasteiger partial charge in [-0.05, 0) is 73.1 Å². The van der Waals surface area contributed by atoms with E-state index < -0.39 is 0 Å². The molecule has 2 heterocycles. The van der Waals surface area contributed by atoms with Crippen molar-refractivity contribution in [2.75, 3.05) is 18.5 Å². The molecule has 0 radical (unpaired) electrons. The summed E-state index contributed by atoms with van der Waals surface area (Å²) in [6, 6.07) is 8.62. The lowest BCUT2D eigenvalue weighted by Crippen LogP contribution is -2.37. The van der Waals surface area contributed by atoms with Crippen LogP contribution in [0.25, 0.3) is 10.9 Å². The molecule has 0 bridgehead atoms. The first-order valence-corrected chi connectivity index (χ1v) is 10.1. The molecule has 1 spiro atoms. The molecule has 1 aromatic carbocycles. The highest BCUT2D eigenvalue weighted by Gasteiger charge is 2.38. The molecular formula is C24H25N3O. The van der Waals surface area contributed by atoms with Crippen molar-refractivity contribution in [3.05, 3.63) is 69.9 Å². The van der Waals surface area contributed by atoms with Gasteiger partial charge in [-0.1, -0.05) is 18.6 Å². The highest BCUT2D eigenvalue weighted by molar-refractivity contribution is 5.64. The second-order valence-corrected chi connectivity index (χ2v) is 8.06. The van der Waals surface area contributed by atoms with Crippen LogP contribution in [0.15, 0.2) is 47.4 Å². The molecule has 4 heteroatoms. The Morgan fingerprint density at radius 2 is 2.11 bits per heavy atom. The molecule has 3 aliphatic rings. The number of rotatable bonds is 2. The number of benzene rings is 1. The molecule has 0 unspecified atom stereocenters. The normalized spacial score (nSPS) is 22.2. The molecule has 1 aromatic rings. The number of hydrogen-bond acceptors (Lipinski definition) is 3. The molecular weight excluding hydrogens is 346 g/mol. The first-order valence-electron chi connectivity index (χ1n) is 10.1. The second-order valence-electron chi connectivity index (χ2n) is 8.06. The van der Waals surface area contributed by atoms with Crippen molar-refractivity contribution in [3.63, 3.8) is 0 Å². The highest BCUT2D eigenvalue weighted by atomic mass is 16.5. The Balaban J connectivity index is 1.63. The molecule has 4 nitrogen and oxygen atoms in total. The standard InChI is InChI=1S/C24H25N3O/c1-26-22(17-25)20-15-21(28-24(16-20)11-4-3-5-12-24)8-6-18-7-9-23-19(14-18)10-13-27(23)2/h6-9,14-15H,3-5,10-13,16H2,2H3/b8-6+,22-20+. The summed E-state index contributed by atoms with van der Waals surface area (Å²) in [5.74, 6) is 0.761. The maximum absolute atomic E-state index is 9.36. The Morgan fingerprint density at radius 1 is 1.29 bits per heavy atom. The fraction of sp³-hybridized carbons (Fsp3) is 0.417. The van der Waals surface area contributed by atoms with Crippen LogP contribution in [0.5, 0.6) is 0 Å². The minimum atomic E-state index is -0.255. The molecule has 0 amide bonds. The molecule has 2 aliphatic heterocycles. The third kappa shape index (κ3) is 3.56. The van der Waals surface area contributed by atoms with E-state index in [1.54, 1.807) is 0 Å². The number of anilines is 1. The summed E-state index contributed by atoms with van der Waals surface area (Å²) in [7, 11) is 2.13. The van der Waals surface area contributed by atoms with Gasteiger partial charge in [0.05, 0.1) is 12.6 Å². The molecule has 0 aromatic heterocycles. The Kier molecular flexibility index (Phi) is 4.97. The molecule has 0 N–H and O–H groups in total. The lowest BCUT2D eigenvalue weighted by atomic mass is 9.78. The maximum Gasteiger partial charge on any atom is 0.265 e. The second kappa shape index (κ2) is 7.56. The van der Waals surface area contributed by atoms with Crippen molar-refractivity contribution in [1.29, 1.82) is 5.26 Å². The zero-order valence-electron chi connectivity index (χ0n) is 16.4. The largest absolute Gasteiger partial charge is 0.487 e. The summed E-state index contributed by atoms with van der Waals surface area (Å²) >= 11 is 0. The van der Waals surface area contributed by atoms with E-state index in [4.69, 9.17) is 11.3 Å². The van der Waals surface area contributed by atoms with Crippen molar-refractivity contribution in [1.82, 2.24) is 0 Å². The van der Waals surface area contributed by atoms with Gasteiger partial charge >= 0.3 is 0 Å². The van der Waals surface area contributed by atoms with Gasteiger partial charge in [-0.25, -0.2) is 10.1 Å². The highest BCUT2D eigenvalue weighted by Crippen LogP contribution is 2.43. The molecule has 0 atom stereocenters. The number of fused-ring (bicyclic) bond motifs is 1. The van der Waals surface area contributed by atoms with E-state index in [9.17, 15) is 5.26 Å². The summed E-state index contributed by atoms with van der Waals surface area (Å²) < 4.78 is 6.44. The van der Waals surface area contributed by atoms with Crippen LogP contribution in [0, 0.1) is 17.9 Å². The van der Waals surface area contributed by atoms with Crippen molar-refractivity contribution in [2.45, 2.75) is 50.5 Å². The quantitative estimate of drug-likeness (QED) is 0.516. The van der Waals surface area contributed by atoms with E-state index in [2.05, 4.69) is 47.1 Å². The molecule has 1 fully saturated rings. The zero-order valence-corrected chi connectivity index (χ0v) is 16.4. The van der Waals surface area contributed by atoms with Gasteiger partial charge in [0, 0.05) is 25.7 Å². The van der Waals surface area contributed by atoms with Crippen LogP contribution >= 0.6 is 0 Å². The number of likely N-dealkylation sites (N-methyl/N-ethyl adjacent to an activating group) is 1. The third-order valence-electron chi connectivity index (χ3n) is 6.12. The number of hydrogen-bond donors (Lipinski definition) is 0. The predicted octanol–water partition coefficient (Wildman–Crippen LogP) is 5.40. The van der Waals surface area contributed by atoms with Gasteiger partial charge in [0.15, 0.2) is 0 Å². The van der Waals surface area contributed by atoms with Gasteiger partial charge in [0.1, 0.15) is 11.4 Å². The number of nitrogens with zero attached hydrogens (tertiary/aromatic N) is 3. The van der Waals surface area contributed by atoms with Crippen LogP contribution in [0.4, 0.5) is 5.69 Å².